The number of carbonyl (C=O) groups is 2. The maximum atomic E-state index is 14.0. The van der Waals surface area contributed by atoms with Crippen molar-refractivity contribution < 1.29 is 27.5 Å². The maximum Gasteiger partial charge on any atom is 0.257 e. The van der Waals surface area contributed by atoms with E-state index in [1.165, 1.54) is 41.0 Å². The molecule has 0 atom stereocenters. The van der Waals surface area contributed by atoms with E-state index in [1.54, 1.807) is 12.1 Å². The zero-order valence-electron chi connectivity index (χ0n) is 18.5. The minimum atomic E-state index is -1.05. The highest BCUT2D eigenvalue weighted by molar-refractivity contribution is 5.98. The lowest BCUT2D eigenvalue weighted by atomic mass is 10.1. The second kappa shape index (κ2) is 9.90. The standard InChI is InChI=1S/C24H23F2N3O5/c1-33-19-13-21(31)29-10-9-28(20(30)12-15-4-2-6-17(25)23(15)26)8-7-18(29)22(19)24(32)27-14-16-5-3-11-34-16/h2-6,11,13H,7-10,12,14H2,1H3,(H,27,32). The Morgan fingerprint density at radius 2 is 1.97 bits per heavy atom. The summed E-state index contributed by atoms with van der Waals surface area (Å²) in [4.78, 5) is 40.1. The molecule has 2 amide bonds. The van der Waals surface area contributed by atoms with Gasteiger partial charge in [-0.2, -0.15) is 0 Å². The van der Waals surface area contributed by atoms with Crippen molar-refractivity contribution in [3.8, 4) is 5.75 Å². The van der Waals surface area contributed by atoms with E-state index in [2.05, 4.69) is 5.32 Å². The monoisotopic (exact) mass is 471 g/mol. The number of halogens is 2. The van der Waals surface area contributed by atoms with Gasteiger partial charge >= 0.3 is 0 Å². The van der Waals surface area contributed by atoms with Crippen molar-refractivity contribution in [3.05, 3.63) is 87.2 Å². The summed E-state index contributed by atoms with van der Waals surface area (Å²) in [5.74, 6) is -2.22. The Bertz CT molecular complexity index is 1270. The first-order valence-corrected chi connectivity index (χ1v) is 10.7. The highest BCUT2D eigenvalue weighted by Gasteiger charge is 2.27. The SMILES string of the molecule is COc1cc(=O)n2c(c1C(=O)NCc1ccco1)CCN(C(=O)Cc1cccc(F)c1F)CC2. The lowest BCUT2D eigenvalue weighted by Gasteiger charge is -2.20. The number of methoxy groups -OCH3 is 1. The van der Waals surface area contributed by atoms with Gasteiger partial charge < -0.3 is 23.9 Å². The van der Waals surface area contributed by atoms with Crippen LogP contribution in [0.3, 0.4) is 0 Å². The molecule has 0 bridgehead atoms. The first-order valence-electron chi connectivity index (χ1n) is 10.7. The number of fused-ring (bicyclic) bond motifs is 1. The Labute approximate surface area is 193 Å². The summed E-state index contributed by atoms with van der Waals surface area (Å²) in [5.41, 5.74) is 0.246. The molecule has 178 valence electrons. The minimum Gasteiger partial charge on any atom is -0.496 e. The molecule has 34 heavy (non-hydrogen) atoms. The summed E-state index contributed by atoms with van der Waals surface area (Å²) in [7, 11) is 1.37. The maximum absolute atomic E-state index is 14.0. The molecule has 1 aromatic carbocycles. The molecule has 1 aliphatic heterocycles. The topological polar surface area (TPSA) is 93.8 Å². The number of pyridine rings is 1. The summed E-state index contributed by atoms with van der Waals surface area (Å²) >= 11 is 0. The molecule has 0 unspecified atom stereocenters. The fourth-order valence-corrected chi connectivity index (χ4v) is 4.03. The van der Waals surface area contributed by atoms with Gasteiger partial charge in [-0.25, -0.2) is 8.78 Å². The molecule has 0 spiro atoms. The predicted octanol–water partition coefficient (Wildman–Crippen LogP) is 2.29. The van der Waals surface area contributed by atoms with Gasteiger partial charge in [-0.15, -0.1) is 0 Å². The van der Waals surface area contributed by atoms with Crippen molar-refractivity contribution in [2.75, 3.05) is 20.2 Å². The molecule has 8 nitrogen and oxygen atoms in total. The van der Waals surface area contributed by atoms with Gasteiger partial charge in [0.2, 0.25) is 5.91 Å². The first kappa shape index (κ1) is 23.2. The molecule has 0 radical (unpaired) electrons. The quantitative estimate of drug-likeness (QED) is 0.596. The zero-order valence-corrected chi connectivity index (χ0v) is 18.5. The molecular formula is C24H23F2N3O5. The Kier molecular flexibility index (Phi) is 6.76. The summed E-state index contributed by atoms with van der Waals surface area (Å²) in [6.07, 6.45) is 1.39. The lowest BCUT2D eigenvalue weighted by Crippen LogP contribution is -2.35. The average Bonchev–Trinajstić information content (AvgIpc) is 3.25. The lowest BCUT2D eigenvalue weighted by molar-refractivity contribution is -0.130. The number of amides is 2. The first-order chi connectivity index (χ1) is 16.4. The highest BCUT2D eigenvalue weighted by Crippen LogP contribution is 2.23. The van der Waals surface area contributed by atoms with Crippen LogP contribution < -0.4 is 15.6 Å². The fraction of sp³-hybridized carbons (Fsp3) is 0.292. The van der Waals surface area contributed by atoms with Gasteiger partial charge in [0.1, 0.15) is 17.1 Å². The van der Waals surface area contributed by atoms with E-state index in [1.807, 2.05) is 0 Å². The van der Waals surface area contributed by atoms with Crippen LogP contribution >= 0.6 is 0 Å². The third-order valence-electron chi connectivity index (χ3n) is 5.77. The van der Waals surface area contributed by atoms with Crippen LogP contribution in [0.5, 0.6) is 5.75 Å². The molecule has 0 saturated carbocycles. The van der Waals surface area contributed by atoms with Gasteiger partial charge in [-0.05, 0) is 18.2 Å². The number of aromatic nitrogens is 1. The van der Waals surface area contributed by atoms with Crippen molar-refractivity contribution in [2.45, 2.75) is 25.9 Å². The van der Waals surface area contributed by atoms with Gasteiger partial charge in [0.25, 0.3) is 11.5 Å². The molecule has 10 heteroatoms. The van der Waals surface area contributed by atoms with Crippen molar-refractivity contribution in [1.29, 1.82) is 0 Å². The molecule has 3 heterocycles. The van der Waals surface area contributed by atoms with Gasteiger partial charge in [-0.3, -0.25) is 14.4 Å². The largest absolute Gasteiger partial charge is 0.496 e. The minimum absolute atomic E-state index is 0.0383. The number of carbonyl (C=O) groups excluding carboxylic acids is 2. The van der Waals surface area contributed by atoms with Gasteiger partial charge in [0, 0.05) is 43.4 Å². The molecule has 3 aromatic rings. The number of nitrogens with one attached hydrogen (secondary N) is 1. The molecule has 1 N–H and O–H groups in total. The van der Waals surface area contributed by atoms with Crippen molar-refractivity contribution in [2.24, 2.45) is 0 Å². The zero-order chi connectivity index (χ0) is 24.2. The molecule has 0 fully saturated rings. The fourth-order valence-electron chi connectivity index (χ4n) is 4.03. The van der Waals surface area contributed by atoms with Crippen LogP contribution in [0.15, 0.2) is 51.9 Å². The smallest absolute Gasteiger partial charge is 0.257 e. The Morgan fingerprint density at radius 3 is 2.71 bits per heavy atom. The van der Waals surface area contributed by atoms with E-state index in [9.17, 15) is 23.2 Å². The highest BCUT2D eigenvalue weighted by atomic mass is 19.2. The van der Waals surface area contributed by atoms with Crippen LogP contribution in [-0.2, 0) is 30.7 Å². The number of hydrogen-bond acceptors (Lipinski definition) is 5. The Balaban J connectivity index is 1.56. The third-order valence-corrected chi connectivity index (χ3v) is 5.77. The van der Waals surface area contributed by atoms with Crippen LogP contribution in [0.2, 0.25) is 0 Å². The van der Waals surface area contributed by atoms with Crippen LogP contribution in [0.1, 0.15) is 27.4 Å². The summed E-state index contributed by atoms with van der Waals surface area (Å²) < 4.78 is 39.5. The van der Waals surface area contributed by atoms with Crippen molar-refractivity contribution in [1.82, 2.24) is 14.8 Å². The van der Waals surface area contributed by atoms with Crippen LogP contribution in [-0.4, -0.2) is 41.5 Å². The van der Waals surface area contributed by atoms with E-state index in [-0.39, 0.29) is 61.5 Å². The molecule has 0 aliphatic carbocycles. The number of rotatable bonds is 6. The van der Waals surface area contributed by atoms with E-state index in [4.69, 9.17) is 9.15 Å². The van der Waals surface area contributed by atoms with Crippen LogP contribution in [0.4, 0.5) is 8.78 Å². The van der Waals surface area contributed by atoms with E-state index in [0.717, 1.165) is 6.07 Å². The molecule has 0 saturated heterocycles. The predicted molar refractivity (Wildman–Crippen MR) is 117 cm³/mol. The average molecular weight is 471 g/mol. The van der Waals surface area contributed by atoms with Crippen LogP contribution in [0, 0.1) is 11.6 Å². The van der Waals surface area contributed by atoms with E-state index >= 15 is 0 Å². The van der Waals surface area contributed by atoms with E-state index < -0.39 is 23.4 Å². The number of nitrogens with zero attached hydrogens (tertiary/aromatic N) is 2. The number of benzene rings is 1. The van der Waals surface area contributed by atoms with Gasteiger partial charge in [0.15, 0.2) is 11.6 Å². The number of ether oxygens (including phenoxy) is 1. The van der Waals surface area contributed by atoms with Gasteiger partial charge in [-0.1, -0.05) is 12.1 Å². The van der Waals surface area contributed by atoms with Gasteiger partial charge in [0.05, 0.1) is 26.3 Å². The normalized spacial score (nSPS) is 13.2. The summed E-state index contributed by atoms with van der Waals surface area (Å²) in [6, 6.07) is 8.36. The number of hydrogen-bond donors (Lipinski definition) is 1. The molecule has 1 aliphatic rings. The molecule has 4 rings (SSSR count). The molecule has 2 aromatic heterocycles. The molecular weight excluding hydrogens is 448 g/mol. The van der Waals surface area contributed by atoms with E-state index in [0.29, 0.717) is 11.5 Å². The second-order valence-electron chi connectivity index (χ2n) is 7.81. The van der Waals surface area contributed by atoms with Crippen LogP contribution in [0.25, 0.3) is 0 Å². The Hall–Kier alpha value is -3.95. The third kappa shape index (κ3) is 4.70. The van der Waals surface area contributed by atoms with Crippen molar-refractivity contribution >= 4 is 11.8 Å². The summed E-state index contributed by atoms with van der Waals surface area (Å²) in [6.45, 7) is 0.675. The Morgan fingerprint density at radius 1 is 1.15 bits per heavy atom. The number of furan rings is 1. The second-order valence-corrected chi connectivity index (χ2v) is 7.81. The van der Waals surface area contributed by atoms with Crippen molar-refractivity contribution in [3.63, 3.8) is 0 Å². The summed E-state index contributed by atoms with van der Waals surface area (Å²) in [5, 5.41) is 2.76.